The number of carbonyl (C=O) groups is 1. The molecule has 1 atom stereocenters. The lowest BCUT2D eigenvalue weighted by molar-refractivity contribution is -0.123. The van der Waals surface area contributed by atoms with E-state index in [0.717, 1.165) is 12.0 Å². The molecule has 1 saturated heterocycles. The fourth-order valence-corrected chi connectivity index (χ4v) is 3.08. The highest BCUT2D eigenvalue weighted by Gasteiger charge is 2.39. The largest absolute Gasteiger partial charge is 0.393 e. The Kier molecular flexibility index (Phi) is 5.58. The van der Waals surface area contributed by atoms with Crippen molar-refractivity contribution in [1.82, 2.24) is 14.9 Å². The van der Waals surface area contributed by atoms with Crippen LogP contribution in [0.3, 0.4) is 0 Å². The zero-order chi connectivity index (χ0) is 18.6. The molecule has 0 unspecified atom stereocenters. The van der Waals surface area contributed by atoms with E-state index in [9.17, 15) is 14.3 Å². The van der Waals surface area contributed by atoms with Crippen molar-refractivity contribution >= 4 is 5.91 Å². The Labute approximate surface area is 151 Å². The monoisotopic (exact) mass is 359 g/mol. The van der Waals surface area contributed by atoms with Gasteiger partial charge in [-0.05, 0) is 29.7 Å². The lowest BCUT2D eigenvalue weighted by atomic mass is 9.93. The molecule has 0 aliphatic carbocycles. The molecule has 1 aromatic heterocycles. The summed E-state index contributed by atoms with van der Waals surface area (Å²) in [7, 11) is 0. The maximum Gasteiger partial charge on any atom is 0.291 e. The molecule has 138 valence electrons. The van der Waals surface area contributed by atoms with Crippen LogP contribution >= 0.6 is 0 Å². The summed E-state index contributed by atoms with van der Waals surface area (Å²) in [6.07, 6.45) is 4.40. The van der Waals surface area contributed by atoms with Crippen LogP contribution in [-0.2, 0) is 17.6 Å². The number of rotatable bonds is 5. The van der Waals surface area contributed by atoms with E-state index in [0.29, 0.717) is 18.5 Å². The molecular formula is C19H22FN3O3. The van der Waals surface area contributed by atoms with Crippen LogP contribution < -0.4 is 0 Å². The predicted octanol–water partition coefficient (Wildman–Crippen LogP) is 1.62. The number of hydrogen-bond donors (Lipinski definition) is 1. The van der Waals surface area contributed by atoms with E-state index >= 15 is 0 Å². The summed E-state index contributed by atoms with van der Waals surface area (Å²) in [5, 5.41) is 9.92. The van der Waals surface area contributed by atoms with Crippen LogP contribution in [0.2, 0.25) is 0 Å². The van der Waals surface area contributed by atoms with Crippen LogP contribution in [0.4, 0.5) is 4.39 Å². The Morgan fingerprint density at radius 1 is 1.35 bits per heavy atom. The zero-order valence-corrected chi connectivity index (χ0v) is 14.7. The first-order chi connectivity index (χ1) is 12.5. The second-order valence-electron chi connectivity index (χ2n) is 6.49. The van der Waals surface area contributed by atoms with E-state index in [-0.39, 0.29) is 37.3 Å². The van der Waals surface area contributed by atoms with Crippen LogP contribution in [0.15, 0.2) is 36.7 Å². The fraction of sp³-hybridized carbons (Fsp3) is 0.421. The summed E-state index contributed by atoms with van der Waals surface area (Å²) in [6.45, 7) is 2.59. The van der Waals surface area contributed by atoms with Gasteiger partial charge in [0.25, 0.3) is 5.91 Å². The van der Waals surface area contributed by atoms with Crippen molar-refractivity contribution in [3.8, 4) is 0 Å². The third-order valence-corrected chi connectivity index (χ3v) is 4.54. The van der Waals surface area contributed by atoms with Crippen molar-refractivity contribution in [3.63, 3.8) is 0 Å². The van der Waals surface area contributed by atoms with Crippen molar-refractivity contribution in [2.24, 2.45) is 0 Å². The molecular weight excluding hydrogens is 337 g/mol. The number of benzene rings is 1. The molecule has 2 heterocycles. The van der Waals surface area contributed by atoms with Crippen molar-refractivity contribution in [2.75, 3.05) is 26.3 Å². The highest BCUT2D eigenvalue weighted by molar-refractivity contribution is 5.90. The molecule has 1 aromatic carbocycles. The van der Waals surface area contributed by atoms with Gasteiger partial charge in [0.1, 0.15) is 11.4 Å². The van der Waals surface area contributed by atoms with Gasteiger partial charge in [-0.3, -0.25) is 4.79 Å². The number of aryl methyl sites for hydroxylation is 1. The van der Waals surface area contributed by atoms with E-state index < -0.39 is 5.60 Å². The Morgan fingerprint density at radius 3 is 2.77 bits per heavy atom. The third-order valence-electron chi connectivity index (χ3n) is 4.54. The summed E-state index contributed by atoms with van der Waals surface area (Å²) in [5.74, 6) is -0.515. The van der Waals surface area contributed by atoms with Crippen LogP contribution in [0.25, 0.3) is 0 Å². The van der Waals surface area contributed by atoms with Crippen LogP contribution in [0, 0.1) is 5.82 Å². The van der Waals surface area contributed by atoms with E-state index in [1.807, 2.05) is 6.92 Å². The maximum absolute atomic E-state index is 13.5. The lowest BCUT2D eigenvalue weighted by Crippen LogP contribution is -2.57. The van der Waals surface area contributed by atoms with E-state index in [1.54, 1.807) is 29.4 Å². The number of amides is 1. The molecule has 0 bridgehead atoms. The van der Waals surface area contributed by atoms with Gasteiger partial charge in [-0.1, -0.05) is 19.1 Å². The number of aliphatic hydroxyl groups excluding tert-OH is 1. The number of nitrogens with zero attached hydrogens (tertiary/aromatic N) is 3. The van der Waals surface area contributed by atoms with Crippen LogP contribution in [-0.4, -0.2) is 57.8 Å². The molecule has 0 saturated carbocycles. The first-order valence-electron chi connectivity index (χ1n) is 8.65. The van der Waals surface area contributed by atoms with Crippen molar-refractivity contribution in [2.45, 2.75) is 25.4 Å². The molecule has 6 nitrogen and oxygen atoms in total. The average molecular weight is 359 g/mol. The minimum absolute atomic E-state index is 0.127. The Morgan fingerprint density at radius 2 is 2.12 bits per heavy atom. The Bertz CT molecular complexity index is 769. The van der Waals surface area contributed by atoms with Gasteiger partial charge in [-0.15, -0.1) is 0 Å². The summed E-state index contributed by atoms with van der Waals surface area (Å²) < 4.78 is 19.3. The summed E-state index contributed by atoms with van der Waals surface area (Å²) >= 11 is 0. The molecule has 1 aliphatic rings. The van der Waals surface area contributed by atoms with Crippen molar-refractivity contribution < 1.29 is 19.0 Å². The van der Waals surface area contributed by atoms with Gasteiger partial charge in [0, 0.05) is 25.4 Å². The van der Waals surface area contributed by atoms with Gasteiger partial charge in [0.15, 0.2) is 0 Å². The number of morpholine rings is 1. The highest BCUT2D eigenvalue weighted by Crippen LogP contribution is 2.24. The van der Waals surface area contributed by atoms with Crippen molar-refractivity contribution in [1.29, 1.82) is 0 Å². The topological polar surface area (TPSA) is 75.6 Å². The summed E-state index contributed by atoms with van der Waals surface area (Å²) in [4.78, 5) is 22.6. The van der Waals surface area contributed by atoms with Gasteiger partial charge >= 0.3 is 0 Å². The third kappa shape index (κ3) is 4.05. The van der Waals surface area contributed by atoms with Gasteiger partial charge < -0.3 is 14.7 Å². The Balaban J connectivity index is 1.76. The normalized spacial score (nSPS) is 20.2. The van der Waals surface area contributed by atoms with Gasteiger partial charge in [-0.2, -0.15) is 0 Å². The summed E-state index contributed by atoms with van der Waals surface area (Å²) in [5.41, 5.74) is 0.696. The minimum Gasteiger partial charge on any atom is -0.393 e. The van der Waals surface area contributed by atoms with Gasteiger partial charge in [0.05, 0.1) is 19.8 Å². The van der Waals surface area contributed by atoms with Gasteiger partial charge in [0.2, 0.25) is 5.82 Å². The lowest BCUT2D eigenvalue weighted by Gasteiger charge is -2.41. The van der Waals surface area contributed by atoms with Crippen LogP contribution in [0.1, 0.15) is 28.7 Å². The van der Waals surface area contributed by atoms with Crippen LogP contribution in [0.5, 0.6) is 0 Å². The Hall–Kier alpha value is -2.38. The van der Waals surface area contributed by atoms with Gasteiger partial charge in [-0.25, -0.2) is 14.4 Å². The maximum atomic E-state index is 13.5. The van der Waals surface area contributed by atoms with E-state index in [2.05, 4.69) is 9.97 Å². The summed E-state index contributed by atoms with van der Waals surface area (Å²) in [6, 6.07) is 6.17. The average Bonchev–Trinajstić information content (AvgIpc) is 2.67. The second kappa shape index (κ2) is 7.88. The first kappa shape index (κ1) is 18.4. The molecule has 2 aromatic rings. The minimum atomic E-state index is -0.967. The first-order valence-corrected chi connectivity index (χ1v) is 8.65. The predicted molar refractivity (Wildman–Crippen MR) is 93.2 cm³/mol. The molecule has 3 rings (SSSR count). The molecule has 7 heteroatoms. The fourth-order valence-electron chi connectivity index (χ4n) is 3.08. The highest BCUT2D eigenvalue weighted by atomic mass is 19.1. The number of hydrogen-bond acceptors (Lipinski definition) is 5. The van der Waals surface area contributed by atoms with E-state index in [1.165, 1.54) is 12.1 Å². The molecule has 26 heavy (non-hydrogen) atoms. The SMILES string of the molecule is CCc1cnc(C(=O)N2CCO[C@@](CO)(Cc3cccc(F)c3)C2)nc1. The van der Waals surface area contributed by atoms with Crippen molar-refractivity contribution in [3.05, 3.63) is 59.4 Å². The number of aliphatic hydroxyl groups is 1. The number of carbonyl (C=O) groups excluding carboxylic acids is 1. The second-order valence-corrected chi connectivity index (χ2v) is 6.49. The standard InChI is InChI=1S/C19H22FN3O3/c1-2-14-10-21-17(22-11-14)18(25)23-6-7-26-19(12-23,13-24)9-15-4-3-5-16(20)8-15/h3-5,8,10-11,24H,2,6-7,9,12-13H2,1H3/t19-/m0/s1. The number of halogens is 1. The zero-order valence-electron chi connectivity index (χ0n) is 14.7. The quantitative estimate of drug-likeness (QED) is 0.878. The number of ether oxygens (including phenoxy) is 1. The molecule has 1 fully saturated rings. The molecule has 0 radical (unpaired) electrons. The molecule has 0 spiro atoms. The molecule has 1 N–H and O–H groups in total. The van der Waals surface area contributed by atoms with E-state index in [4.69, 9.17) is 4.74 Å². The smallest absolute Gasteiger partial charge is 0.291 e. The molecule has 1 amide bonds. The molecule has 1 aliphatic heterocycles. The number of aromatic nitrogens is 2.